The standard InChI is InChI=1S/C22H26Cl2N2O4S2/c23-20-9-4-17(14-21(20)24)15-31-16-22(27)25-10-13-30-18-5-7-19(8-6-18)32(28,29)26-11-2-1-3-12-26/h4-9,14H,1-3,10-13,15-16H2,(H,25,27). The van der Waals surface area contributed by atoms with Gasteiger partial charge in [-0.3, -0.25) is 4.79 Å². The van der Waals surface area contributed by atoms with Crippen LogP contribution < -0.4 is 10.1 Å². The van der Waals surface area contributed by atoms with E-state index in [0.717, 1.165) is 24.8 Å². The summed E-state index contributed by atoms with van der Waals surface area (Å²) in [5.74, 6) is 1.46. The Morgan fingerprint density at radius 2 is 1.75 bits per heavy atom. The van der Waals surface area contributed by atoms with Gasteiger partial charge in [0.15, 0.2) is 0 Å². The highest BCUT2D eigenvalue weighted by Crippen LogP contribution is 2.25. The SMILES string of the molecule is O=C(CSCc1ccc(Cl)c(Cl)c1)NCCOc1ccc(S(=O)(=O)N2CCCCC2)cc1. The minimum atomic E-state index is -3.44. The van der Waals surface area contributed by atoms with Gasteiger partial charge in [0, 0.05) is 18.8 Å². The normalized spacial score (nSPS) is 14.8. The Morgan fingerprint density at radius 3 is 2.44 bits per heavy atom. The highest BCUT2D eigenvalue weighted by Gasteiger charge is 2.25. The van der Waals surface area contributed by atoms with Gasteiger partial charge in [0.2, 0.25) is 15.9 Å². The zero-order valence-electron chi connectivity index (χ0n) is 17.6. The molecule has 6 nitrogen and oxygen atoms in total. The van der Waals surface area contributed by atoms with Crippen LogP contribution in [-0.2, 0) is 20.6 Å². The van der Waals surface area contributed by atoms with Gasteiger partial charge in [-0.05, 0) is 54.8 Å². The Hall–Kier alpha value is -1.45. The first-order valence-corrected chi connectivity index (χ1v) is 13.7. The lowest BCUT2D eigenvalue weighted by Crippen LogP contribution is -2.35. The molecule has 0 aromatic heterocycles. The van der Waals surface area contributed by atoms with Gasteiger partial charge in [0.05, 0.1) is 27.2 Å². The number of rotatable bonds is 10. The second-order valence-electron chi connectivity index (χ2n) is 7.38. The van der Waals surface area contributed by atoms with E-state index in [4.69, 9.17) is 27.9 Å². The monoisotopic (exact) mass is 516 g/mol. The largest absolute Gasteiger partial charge is 0.492 e. The summed E-state index contributed by atoms with van der Waals surface area (Å²) in [5.41, 5.74) is 1.01. The number of carbonyl (C=O) groups is 1. The van der Waals surface area contributed by atoms with E-state index in [1.54, 1.807) is 40.7 Å². The third-order valence-corrected chi connectivity index (χ3v) is 8.61. The molecule has 0 saturated carbocycles. The molecule has 1 amide bonds. The summed E-state index contributed by atoms with van der Waals surface area (Å²) in [6.07, 6.45) is 2.88. The summed E-state index contributed by atoms with van der Waals surface area (Å²) in [4.78, 5) is 12.2. The number of thioether (sulfide) groups is 1. The zero-order valence-corrected chi connectivity index (χ0v) is 20.7. The molecule has 0 aliphatic carbocycles. The summed E-state index contributed by atoms with van der Waals surface area (Å²) < 4.78 is 32.5. The molecule has 2 aromatic rings. The number of ether oxygens (including phenoxy) is 1. The summed E-state index contributed by atoms with van der Waals surface area (Å²) in [5, 5.41) is 3.82. The molecular formula is C22H26Cl2N2O4S2. The number of halogens is 2. The molecule has 3 rings (SSSR count). The van der Waals surface area contributed by atoms with Crippen molar-refractivity contribution in [3.8, 4) is 5.75 Å². The zero-order chi connectivity index (χ0) is 23.0. The molecule has 2 aromatic carbocycles. The summed E-state index contributed by atoms with van der Waals surface area (Å²) >= 11 is 13.4. The summed E-state index contributed by atoms with van der Waals surface area (Å²) in [6, 6.07) is 11.8. The molecule has 0 atom stereocenters. The smallest absolute Gasteiger partial charge is 0.243 e. The Bertz CT molecular complexity index is 1010. The number of hydrogen-bond acceptors (Lipinski definition) is 5. The average Bonchev–Trinajstić information content (AvgIpc) is 2.80. The van der Waals surface area contributed by atoms with E-state index in [9.17, 15) is 13.2 Å². The number of nitrogens with zero attached hydrogens (tertiary/aromatic N) is 1. The van der Waals surface area contributed by atoms with Crippen LogP contribution in [0.2, 0.25) is 10.0 Å². The van der Waals surface area contributed by atoms with Gasteiger partial charge in [-0.1, -0.05) is 35.7 Å². The lowest BCUT2D eigenvalue weighted by molar-refractivity contribution is -0.118. The van der Waals surface area contributed by atoms with Crippen LogP contribution in [0.5, 0.6) is 5.75 Å². The van der Waals surface area contributed by atoms with Crippen molar-refractivity contribution in [1.29, 1.82) is 0 Å². The van der Waals surface area contributed by atoms with Gasteiger partial charge in [-0.25, -0.2) is 8.42 Å². The van der Waals surface area contributed by atoms with Crippen LogP contribution in [-0.4, -0.2) is 50.6 Å². The quantitative estimate of drug-likeness (QED) is 0.467. The maximum atomic E-state index is 12.7. The van der Waals surface area contributed by atoms with Crippen LogP contribution in [0.4, 0.5) is 0 Å². The second kappa shape index (κ2) is 12.1. The molecule has 1 aliphatic heterocycles. The van der Waals surface area contributed by atoms with E-state index < -0.39 is 10.0 Å². The predicted octanol–water partition coefficient (Wildman–Crippen LogP) is 4.60. The molecule has 32 heavy (non-hydrogen) atoms. The van der Waals surface area contributed by atoms with E-state index in [1.165, 1.54) is 11.8 Å². The lowest BCUT2D eigenvalue weighted by atomic mass is 10.2. The molecule has 1 fully saturated rings. The fourth-order valence-corrected chi connectivity index (χ4v) is 5.91. The first kappa shape index (κ1) is 25.2. The van der Waals surface area contributed by atoms with Gasteiger partial charge in [0.25, 0.3) is 0 Å². The molecule has 0 radical (unpaired) electrons. The Kier molecular flexibility index (Phi) is 9.55. The molecule has 0 spiro atoms. The Balaban J connectivity index is 1.35. The molecule has 1 saturated heterocycles. The van der Waals surface area contributed by atoms with Crippen LogP contribution in [0.25, 0.3) is 0 Å². The number of hydrogen-bond donors (Lipinski definition) is 1. The van der Waals surface area contributed by atoms with Crippen LogP contribution in [0.15, 0.2) is 47.4 Å². The fourth-order valence-electron chi connectivity index (χ4n) is 3.26. The summed E-state index contributed by atoms with van der Waals surface area (Å²) in [6.45, 7) is 1.81. The third-order valence-electron chi connectivity index (χ3n) is 4.96. The first-order valence-electron chi connectivity index (χ1n) is 10.4. The van der Waals surface area contributed by atoms with Crippen LogP contribution in [0.3, 0.4) is 0 Å². The molecule has 0 unspecified atom stereocenters. The number of benzene rings is 2. The minimum Gasteiger partial charge on any atom is -0.492 e. The summed E-state index contributed by atoms with van der Waals surface area (Å²) in [7, 11) is -3.44. The van der Waals surface area contributed by atoms with E-state index in [2.05, 4.69) is 5.32 Å². The Labute approximate surface area is 203 Å². The maximum absolute atomic E-state index is 12.7. The lowest BCUT2D eigenvalue weighted by Gasteiger charge is -2.25. The van der Waals surface area contributed by atoms with Crippen molar-refractivity contribution in [2.75, 3.05) is 32.0 Å². The first-order chi connectivity index (χ1) is 15.4. The number of carbonyl (C=O) groups excluding carboxylic acids is 1. The molecule has 1 N–H and O–H groups in total. The molecule has 1 aliphatic rings. The minimum absolute atomic E-state index is 0.0818. The predicted molar refractivity (Wildman–Crippen MR) is 130 cm³/mol. The van der Waals surface area contributed by atoms with Crippen molar-refractivity contribution in [3.63, 3.8) is 0 Å². The van der Waals surface area contributed by atoms with E-state index in [-0.39, 0.29) is 10.8 Å². The fraction of sp³-hybridized carbons (Fsp3) is 0.409. The number of nitrogens with one attached hydrogen (secondary N) is 1. The molecule has 0 bridgehead atoms. The van der Waals surface area contributed by atoms with Gasteiger partial charge in [-0.2, -0.15) is 4.31 Å². The van der Waals surface area contributed by atoms with Gasteiger partial charge >= 0.3 is 0 Å². The molecule has 10 heteroatoms. The number of piperidine rings is 1. The second-order valence-corrected chi connectivity index (χ2v) is 11.1. The average molecular weight is 518 g/mol. The Morgan fingerprint density at radius 1 is 1.03 bits per heavy atom. The molecule has 1 heterocycles. The van der Waals surface area contributed by atoms with Crippen molar-refractivity contribution in [1.82, 2.24) is 9.62 Å². The van der Waals surface area contributed by atoms with Gasteiger partial charge < -0.3 is 10.1 Å². The van der Waals surface area contributed by atoms with Crippen molar-refractivity contribution >= 4 is 50.9 Å². The van der Waals surface area contributed by atoms with Gasteiger partial charge in [0.1, 0.15) is 12.4 Å². The van der Waals surface area contributed by atoms with Crippen molar-refractivity contribution < 1.29 is 17.9 Å². The van der Waals surface area contributed by atoms with E-state index in [1.807, 2.05) is 6.07 Å². The number of amides is 1. The van der Waals surface area contributed by atoms with Crippen molar-refractivity contribution in [2.45, 2.75) is 29.9 Å². The third kappa shape index (κ3) is 7.28. The molecular weight excluding hydrogens is 491 g/mol. The molecule has 174 valence electrons. The van der Waals surface area contributed by atoms with Crippen LogP contribution in [0, 0.1) is 0 Å². The van der Waals surface area contributed by atoms with Crippen LogP contribution in [0.1, 0.15) is 24.8 Å². The highest BCUT2D eigenvalue weighted by molar-refractivity contribution is 7.99. The highest BCUT2D eigenvalue weighted by atomic mass is 35.5. The number of sulfonamides is 1. The van der Waals surface area contributed by atoms with E-state index in [0.29, 0.717) is 53.5 Å². The van der Waals surface area contributed by atoms with Crippen molar-refractivity contribution in [2.24, 2.45) is 0 Å². The van der Waals surface area contributed by atoms with Crippen LogP contribution >= 0.6 is 35.0 Å². The maximum Gasteiger partial charge on any atom is 0.243 e. The van der Waals surface area contributed by atoms with Crippen molar-refractivity contribution in [3.05, 3.63) is 58.1 Å². The topological polar surface area (TPSA) is 75.7 Å². The van der Waals surface area contributed by atoms with E-state index >= 15 is 0 Å². The van der Waals surface area contributed by atoms with Gasteiger partial charge in [-0.15, -0.1) is 11.8 Å².